The molecule has 1 aliphatic heterocycles. The number of hydrogen-bond acceptors (Lipinski definition) is 4. The molecule has 0 radical (unpaired) electrons. The number of piperidine rings is 1. The van der Waals surface area contributed by atoms with Crippen LogP contribution in [0.1, 0.15) is 18.4 Å². The summed E-state index contributed by atoms with van der Waals surface area (Å²) in [5, 5.41) is 14.8. The fourth-order valence-electron chi connectivity index (χ4n) is 3.31. The molecular formula is C20H24N4O. The van der Waals surface area contributed by atoms with Gasteiger partial charge in [0, 0.05) is 13.1 Å². The first-order valence-electron chi connectivity index (χ1n) is 8.66. The number of nitrogens with two attached hydrogens (primary N) is 1. The van der Waals surface area contributed by atoms with Crippen molar-refractivity contribution in [3.8, 4) is 6.07 Å². The third-order valence-electron chi connectivity index (χ3n) is 5.02. The molecule has 0 bridgehead atoms. The lowest BCUT2D eigenvalue weighted by Gasteiger charge is -2.36. The topological polar surface area (TPSA) is 82.2 Å². The third kappa shape index (κ3) is 3.98. The van der Waals surface area contributed by atoms with Gasteiger partial charge in [0.2, 0.25) is 5.91 Å². The number of hydrogen-bond donors (Lipinski definition) is 2. The van der Waals surface area contributed by atoms with Crippen molar-refractivity contribution in [2.75, 3.05) is 20.1 Å². The van der Waals surface area contributed by atoms with Crippen LogP contribution in [0, 0.1) is 11.3 Å². The summed E-state index contributed by atoms with van der Waals surface area (Å²) in [4.78, 5) is 14.7. The number of carbonyl (C=O) groups excluding carboxylic acids is 1. The number of rotatable bonds is 4. The molecule has 5 nitrogen and oxygen atoms in total. The van der Waals surface area contributed by atoms with Crippen molar-refractivity contribution in [2.45, 2.75) is 30.8 Å². The fourth-order valence-corrected chi connectivity index (χ4v) is 3.31. The van der Waals surface area contributed by atoms with Crippen LogP contribution in [0.4, 0.5) is 0 Å². The Kier molecular flexibility index (Phi) is 5.03. The zero-order chi connectivity index (χ0) is 17.9. The molecule has 0 spiro atoms. The molecule has 1 aliphatic rings. The largest absolute Gasteiger partial charge is 0.336 e. The van der Waals surface area contributed by atoms with Crippen LogP contribution in [0.15, 0.2) is 42.5 Å². The zero-order valence-electron chi connectivity index (χ0n) is 14.5. The predicted octanol–water partition coefficient (Wildman–Crippen LogP) is 1.81. The van der Waals surface area contributed by atoms with Gasteiger partial charge >= 0.3 is 0 Å². The molecule has 1 fully saturated rings. The van der Waals surface area contributed by atoms with E-state index in [0.717, 1.165) is 24.0 Å². The highest BCUT2D eigenvalue weighted by atomic mass is 16.2. The monoisotopic (exact) mass is 336 g/mol. The molecule has 5 heteroatoms. The molecule has 1 heterocycles. The van der Waals surface area contributed by atoms with Crippen molar-refractivity contribution in [1.29, 1.82) is 5.26 Å². The number of carbonyl (C=O) groups is 1. The maximum absolute atomic E-state index is 12.5. The second-order valence-corrected chi connectivity index (χ2v) is 6.98. The minimum atomic E-state index is -0.787. The number of likely N-dealkylation sites (tertiary alicyclic amines) is 1. The van der Waals surface area contributed by atoms with Gasteiger partial charge in [0.15, 0.2) is 0 Å². The van der Waals surface area contributed by atoms with E-state index in [-0.39, 0.29) is 5.91 Å². The number of benzene rings is 2. The maximum Gasteiger partial charge on any atom is 0.238 e. The van der Waals surface area contributed by atoms with E-state index in [1.165, 1.54) is 5.39 Å². The maximum atomic E-state index is 12.5. The molecule has 1 unspecified atom stereocenters. The van der Waals surface area contributed by atoms with Gasteiger partial charge in [0.05, 0.1) is 12.1 Å². The van der Waals surface area contributed by atoms with Gasteiger partial charge in [-0.15, -0.1) is 0 Å². The molecule has 1 amide bonds. The Balaban J connectivity index is 1.66. The minimum absolute atomic E-state index is 0.251. The average molecular weight is 336 g/mol. The van der Waals surface area contributed by atoms with Crippen LogP contribution in [-0.4, -0.2) is 42.5 Å². The summed E-state index contributed by atoms with van der Waals surface area (Å²) in [6.07, 6.45) is 1.72. The molecule has 2 aromatic carbocycles. The first-order chi connectivity index (χ1) is 12.0. The lowest BCUT2D eigenvalue weighted by atomic mass is 9.88. The Morgan fingerprint density at radius 2 is 1.96 bits per heavy atom. The quantitative estimate of drug-likeness (QED) is 0.892. The molecule has 0 aliphatic carbocycles. The molecule has 2 aromatic rings. The lowest BCUT2D eigenvalue weighted by Crippen LogP contribution is -2.57. The second-order valence-electron chi connectivity index (χ2n) is 6.98. The van der Waals surface area contributed by atoms with Crippen LogP contribution in [0.5, 0.6) is 0 Å². The van der Waals surface area contributed by atoms with Crippen molar-refractivity contribution >= 4 is 16.7 Å². The van der Waals surface area contributed by atoms with E-state index in [1.54, 1.807) is 0 Å². The molecule has 1 atom stereocenters. The third-order valence-corrected chi connectivity index (χ3v) is 5.02. The highest BCUT2D eigenvalue weighted by Gasteiger charge is 2.36. The first kappa shape index (κ1) is 17.4. The van der Waals surface area contributed by atoms with Crippen LogP contribution in [0.2, 0.25) is 0 Å². The van der Waals surface area contributed by atoms with Gasteiger partial charge < -0.3 is 16.0 Å². The standard InChI is InChI=1S/C20H24N4O/c1-24-10-8-20(14-21,9-11-24)23-19(25)18(22)13-15-6-7-16-4-2-3-5-17(16)12-15/h2-7,12,18H,8-11,13,22H2,1H3,(H,23,25). The summed E-state index contributed by atoms with van der Waals surface area (Å²) in [5.41, 5.74) is 6.36. The van der Waals surface area contributed by atoms with E-state index >= 15 is 0 Å². The van der Waals surface area contributed by atoms with Crippen molar-refractivity contribution in [2.24, 2.45) is 5.73 Å². The zero-order valence-corrected chi connectivity index (χ0v) is 14.5. The van der Waals surface area contributed by atoms with Crippen LogP contribution >= 0.6 is 0 Å². The molecule has 0 aromatic heterocycles. The van der Waals surface area contributed by atoms with Gasteiger partial charge in [-0.25, -0.2) is 0 Å². The van der Waals surface area contributed by atoms with Crippen molar-refractivity contribution < 1.29 is 4.79 Å². The van der Waals surface area contributed by atoms with Crippen LogP contribution in [0.3, 0.4) is 0 Å². The van der Waals surface area contributed by atoms with Gasteiger partial charge in [0.1, 0.15) is 5.54 Å². The van der Waals surface area contributed by atoms with E-state index in [4.69, 9.17) is 5.73 Å². The molecule has 25 heavy (non-hydrogen) atoms. The average Bonchev–Trinajstić information content (AvgIpc) is 2.63. The van der Waals surface area contributed by atoms with Crippen LogP contribution in [-0.2, 0) is 11.2 Å². The first-order valence-corrected chi connectivity index (χ1v) is 8.66. The normalized spacial score (nSPS) is 18.4. The van der Waals surface area contributed by atoms with Gasteiger partial charge in [-0.05, 0) is 42.6 Å². The summed E-state index contributed by atoms with van der Waals surface area (Å²) < 4.78 is 0. The molecule has 130 valence electrons. The predicted molar refractivity (Wildman–Crippen MR) is 98.8 cm³/mol. The van der Waals surface area contributed by atoms with Crippen molar-refractivity contribution in [1.82, 2.24) is 10.2 Å². The number of nitriles is 1. The van der Waals surface area contributed by atoms with Crippen molar-refractivity contribution in [3.63, 3.8) is 0 Å². The van der Waals surface area contributed by atoms with E-state index < -0.39 is 11.6 Å². The van der Waals surface area contributed by atoms with Gasteiger partial charge in [-0.3, -0.25) is 4.79 Å². The Bertz CT molecular complexity index is 803. The highest BCUT2D eigenvalue weighted by molar-refractivity contribution is 5.85. The second kappa shape index (κ2) is 7.22. The van der Waals surface area contributed by atoms with Gasteiger partial charge in [0.25, 0.3) is 0 Å². The van der Waals surface area contributed by atoms with Crippen LogP contribution < -0.4 is 11.1 Å². The molecule has 3 rings (SSSR count). The highest BCUT2D eigenvalue weighted by Crippen LogP contribution is 2.21. The number of fused-ring (bicyclic) bond motifs is 1. The number of nitrogens with one attached hydrogen (secondary N) is 1. The Morgan fingerprint density at radius 1 is 1.28 bits per heavy atom. The molecule has 1 saturated heterocycles. The Hall–Kier alpha value is -2.42. The summed E-state index contributed by atoms with van der Waals surface area (Å²) in [5.74, 6) is -0.251. The van der Waals surface area contributed by atoms with E-state index in [2.05, 4.69) is 28.4 Å². The number of amides is 1. The summed E-state index contributed by atoms with van der Waals surface area (Å²) in [6.45, 7) is 1.60. The van der Waals surface area contributed by atoms with Crippen molar-refractivity contribution in [3.05, 3.63) is 48.0 Å². The molecular weight excluding hydrogens is 312 g/mol. The minimum Gasteiger partial charge on any atom is -0.336 e. The summed E-state index contributed by atoms with van der Waals surface area (Å²) >= 11 is 0. The Labute approximate surface area is 148 Å². The molecule has 0 saturated carbocycles. The van der Waals surface area contributed by atoms with E-state index in [0.29, 0.717) is 19.3 Å². The smallest absolute Gasteiger partial charge is 0.238 e. The van der Waals surface area contributed by atoms with Gasteiger partial charge in [-0.1, -0.05) is 42.5 Å². The SMILES string of the molecule is CN1CCC(C#N)(NC(=O)C(N)Cc2ccc3ccccc3c2)CC1. The van der Waals surface area contributed by atoms with Gasteiger partial charge in [-0.2, -0.15) is 5.26 Å². The van der Waals surface area contributed by atoms with E-state index in [9.17, 15) is 10.1 Å². The van der Waals surface area contributed by atoms with E-state index in [1.807, 2.05) is 37.4 Å². The molecule has 3 N–H and O–H groups in total. The summed E-state index contributed by atoms with van der Waals surface area (Å²) in [7, 11) is 2.02. The Morgan fingerprint density at radius 3 is 2.64 bits per heavy atom. The number of nitrogens with zero attached hydrogens (tertiary/aromatic N) is 2. The van der Waals surface area contributed by atoms with Crippen LogP contribution in [0.25, 0.3) is 10.8 Å². The fraction of sp³-hybridized carbons (Fsp3) is 0.400. The lowest BCUT2D eigenvalue weighted by molar-refractivity contribution is -0.124. The summed E-state index contributed by atoms with van der Waals surface area (Å²) in [6, 6.07) is 15.9.